The molecule has 4 heteroatoms. The van der Waals surface area contributed by atoms with Crippen molar-refractivity contribution >= 4 is 0 Å². The summed E-state index contributed by atoms with van der Waals surface area (Å²) in [5.41, 5.74) is 1.45. The Labute approximate surface area is 128 Å². The van der Waals surface area contributed by atoms with Crippen LogP contribution in [0.2, 0.25) is 0 Å². The molecule has 21 heavy (non-hydrogen) atoms. The van der Waals surface area contributed by atoms with E-state index in [1.54, 1.807) is 24.3 Å². The van der Waals surface area contributed by atoms with Crippen LogP contribution in [0, 0.1) is 11.3 Å². The van der Waals surface area contributed by atoms with Crippen LogP contribution in [0.15, 0.2) is 24.3 Å². The number of hydrogen-bond acceptors (Lipinski definition) is 4. The summed E-state index contributed by atoms with van der Waals surface area (Å²) in [4.78, 5) is 2.42. The number of nitrogens with one attached hydrogen (secondary N) is 1. The lowest BCUT2D eigenvalue weighted by Crippen LogP contribution is -2.42. The van der Waals surface area contributed by atoms with E-state index in [4.69, 9.17) is 5.26 Å². The van der Waals surface area contributed by atoms with Crippen LogP contribution in [0.1, 0.15) is 44.9 Å². The lowest BCUT2D eigenvalue weighted by Gasteiger charge is -2.30. The summed E-state index contributed by atoms with van der Waals surface area (Å²) >= 11 is 0. The fraction of sp³-hybridized carbons (Fsp3) is 0.588. The zero-order valence-electron chi connectivity index (χ0n) is 13.5. The second-order valence-corrected chi connectivity index (χ2v) is 5.88. The molecule has 0 spiro atoms. The third-order valence-corrected chi connectivity index (χ3v) is 3.64. The van der Waals surface area contributed by atoms with Gasteiger partial charge in [-0.3, -0.25) is 4.90 Å². The van der Waals surface area contributed by atoms with Crippen LogP contribution in [0.4, 0.5) is 0 Å². The van der Waals surface area contributed by atoms with Crippen molar-refractivity contribution in [1.29, 1.82) is 5.26 Å². The summed E-state index contributed by atoms with van der Waals surface area (Å²) in [5.74, 6) is 0. The minimum atomic E-state index is -0.538. The molecule has 0 radical (unpaired) electrons. The largest absolute Gasteiger partial charge is 0.387 e. The van der Waals surface area contributed by atoms with E-state index in [1.165, 1.54) is 0 Å². The molecule has 0 fully saturated rings. The summed E-state index contributed by atoms with van der Waals surface area (Å²) in [6.45, 7) is 11.1. The molecule has 0 aromatic heterocycles. The van der Waals surface area contributed by atoms with Crippen LogP contribution >= 0.6 is 0 Å². The van der Waals surface area contributed by atoms with Gasteiger partial charge in [0.1, 0.15) is 0 Å². The van der Waals surface area contributed by atoms with Gasteiger partial charge < -0.3 is 10.4 Å². The number of benzene rings is 1. The molecule has 0 saturated heterocycles. The van der Waals surface area contributed by atoms with Gasteiger partial charge in [0.15, 0.2) is 0 Å². The van der Waals surface area contributed by atoms with E-state index in [-0.39, 0.29) is 0 Å². The highest BCUT2D eigenvalue weighted by molar-refractivity contribution is 5.32. The molecule has 2 N–H and O–H groups in total. The van der Waals surface area contributed by atoms with Gasteiger partial charge in [-0.05, 0) is 45.4 Å². The van der Waals surface area contributed by atoms with Crippen molar-refractivity contribution < 1.29 is 5.11 Å². The smallest absolute Gasteiger partial charge is 0.0991 e. The number of aliphatic hydroxyl groups is 1. The number of aliphatic hydroxyl groups excluding tert-OH is 1. The van der Waals surface area contributed by atoms with Gasteiger partial charge in [0.25, 0.3) is 0 Å². The summed E-state index contributed by atoms with van der Waals surface area (Å²) in [6.07, 6.45) is -0.538. The molecule has 0 amide bonds. The van der Waals surface area contributed by atoms with Crippen LogP contribution in [0.3, 0.4) is 0 Å². The highest BCUT2D eigenvalue weighted by Gasteiger charge is 2.13. The van der Waals surface area contributed by atoms with Crippen LogP contribution in [0.5, 0.6) is 0 Å². The lowest BCUT2D eigenvalue weighted by atomic mass is 10.1. The molecule has 0 heterocycles. The van der Waals surface area contributed by atoms with Crippen molar-refractivity contribution in [2.24, 2.45) is 0 Å². The van der Waals surface area contributed by atoms with Gasteiger partial charge in [-0.2, -0.15) is 5.26 Å². The third kappa shape index (κ3) is 5.84. The zero-order valence-corrected chi connectivity index (χ0v) is 13.5. The van der Waals surface area contributed by atoms with E-state index in [0.29, 0.717) is 24.2 Å². The Bertz CT molecular complexity index is 440. The van der Waals surface area contributed by atoms with Gasteiger partial charge in [-0.1, -0.05) is 12.1 Å². The fourth-order valence-electron chi connectivity index (χ4n) is 2.46. The van der Waals surface area contributed by atoms with Crippen molar-refractivity contribution in [1.82, 2.24) is 10.2 Å². The predicted molar refractivity (Wildman–Crippen MR) is 86.0 cm³/mol. The molecule has 116 valence electrons. The highest BCUT2D eigenvalue weighted by atomic mass is 16.3. The molecule has 0 aliphatic rings. The molecule has 1 atom stereocenters. The first-order valence-electron chi connectivity index (χ1n) is 7.60. The van der Waals surface area contributed by atoms with Crippen LogP contribution in [-0.4, -0.2) is 41.7 Å². The standard InChI is InChI=1S/C17H27N3O/c1-13(2)20(14(3)4)10-9-19-12-17(21)16-7-5-15(11-18)6-8-16/h5-8,13-14,17,19,21H,9-10,12H2,1-4H3. The van der Waals surface area contributed by atoms with E-state index in [1.807, 2.05) is 0 Å². The van der Waals surface area contributed by atoms with Crippen LogP contribution in [0.25, 0.3) is 0 Å². The quantitative estimate of drug-likeness (QED) is 0.721. The summed E-state index contributed by atoms with van der Waals surface area (Å²) in [7, 11) is 0. The molecule has 0 aliphatic heterocycles. The van der Waals surface area contributed by atoms with Crippen molar-refractivity contribution in [3.63, 3.8) is 0 Å². The predicted octanol–water partition coefficient (Wildman–Crippen LogP) is 2.30. The van der Waals surface area contributed by atoms with Crippen LogP contribution < -0.4 is 5.32 Å². The van der Waals surface area contributed by atoms with Gasteiger partial charge in [-0.25, -0.2) is 0 Å². The van der Waals surface area contributed by atoms with Gasteiger partial charge in [0.2, 0.25) is 0 Å². The van der Waals surface area contributed by atoms with E-state index in [2.05, 4.69) is 44.0 Å². The Hall–Kier alpha value is -1.41. The maximum atomic E-state index is 10.1. The normalized spacial score (nSPS) is 12.9. The van der Waals surface area contributed by atoms with E-state index >= 15 is 0 Å². The molecule has 0 saturated carbocycles. The minimum Gasteiger partial charge on any atom is -0.387 e. The third-order valence-electron chi connectivity index (χ3n) is 3.64. The van der Waals surface area contributed by atoms with E-state index in [9.17, 15) is 5.11 Å². The van der Waals surface area contributed by atoms with Gasteiger partial charge in [0.05, 0.1) is 17.7 Å². The maximum Gasteiger partial charge on any atom is 0.0991 e. The van der Waals surface area contributed by atoms with E-state index < -0.39 is 6.10 Å². The first kappa shape index (κ1) is 17.6. The molecule has 0 aliphatic carbocycles. The second-order valence-electron chi connectivity index (χ2n) is 5.88. The van der Waals surface area contributed by atoms with Crippen molar-refractivity contribution in [3.05, 3.63) is 35.4 Å². The molecular formula is C17H27N3O. The average molecular weight is 289 g/mol. The van der Waals surface area contributed by atoms with Crippen molar-refractivity contribution in [2.75, 3.05) is 19.6 Å². The van der Waals surface area contributed by atoms with Crippen LogP contribution in [-0.2, 0) is 0 Å². The minimum absolute atomic E-state index is 0.523. The molecule has 1 aromatic rings. The molecule has 0 bridgehead atoms. The zero-order chi connectivity index (χ0) is 15.8. The monoisotopic (exact) mass is 289 g/mol. The molecule has 1 rings (SSSR count). The number of nitriles is 1. The average Bonchev–Trinajstić information content (AvgIpc) is 2.46. The van der Waals surface area contributed by atoms with E-state index in [0.717, 1.165) is 18.7 Å². The van der Waals surface area contributed by atoms with Gasteiger partial charge >= 0.3 is 0 Å². The number of rotatable bonds is 8. The first-order chi connectivity index (χ1) is 9.95. The summed E-state index contributed by atoms with van der Waals surface area (Å²) in [6, 6.07) is 10.2. The van der Waals surface area contributed by atoms with Crippen molar-refractivity contribution in [3.8, 4) is 6.07 Å². The number of nitrogens with zero attached hydrogens (tertiary/aromatic N) is 2. The molecule has 1 unspecified atom stereocenters. The summed E-state index contributed by atoms with van der Waals surface area (Å²) in [5, 5.41) is 22.2. The maximum absolute atomic E-state index is 10.1. The first-order valence-corrected chi connectivity index (χ1v) is 7.60. The second kappa shape index (κ2) is 8.78. The van der Waals surface area contributed by atoms with Gasteiger partial charge in [0, 0.05) is 31.7 Å². The Balaban J connectivity index is 2.36. The highest BCUT2D eigenvalue weighted by Crippen LogP contribution is 2.12. The SMILES string of the molecule is CC(C)N(CCNCC(O)c1ccc(C#N)cc1)C(C)C. The molecule has 1 aromatic carbocycles. The Kier molecular flexibility index (Phi) is 7.38. The molecule has 4 nitrogen and oxygen atoms in total. The Morgan fingerprint density at radius 1 is 1.14 bits per heavy atom. The Morgan fingerprint density at radius 3 is 2.19 bits per heavy atom. The topological polar surface area (TPSA) is 59.3 Å². The number of hydrogen-bond donors (Lipinski definition) is 2. The lowest BCUT2D eigenvalue weighted by molar-refractivity contribution is 0.157. The molecular weight excluding hydrogens is 262 g/mol. The fourth-order valence-corrected chi connectivity index (χ4v) is 2.46. The van der Waals surface area contributed by atoms with Crippen molar-refractivity contribution in [2.45, 2.75) is 45.9 Å². The van der Waals surface area contributed by atoms with Gasteiger partial charge in [-0.15, -0.1) is 0 Å². The Morgan fingerprint density at radius 2 is 1.71 bits per heavy atom. The summed E-state index contributed by atoms with van der Waals surface area (Å²) < 4.78 is 0.